The summed E-state index contributed by atoms with van der Waals surface area (Å²) in [7, 11) is 2.16. The van der Waals surface area contributed by atoms with Gasteiger partial charge in [0.05, 0.1) is 11.9 Å². The Morgan fingerprint density at radius 3 is 2.42 bits per heavy atom. The summed E-state index contributed by atoms with van der Waals surface area (Å²) in [5, 5.41) is 4.30. The summed E-state index contributed by atoms with van der Waals surface area (Å²) in [4.78, 5) is 18.6. The Balaban J connectivity index is 1.35. The summed E-state index contributed by atoms with van der Waals surface area (Å²) in [6, 6.07) is 14.7. The highest BCUT2D eigenvalue weighted by molar-refractivity contribution is 5.78. The summed E-state index contributed by atoms with van der Waals surface area (Å²) in [6.45, 7) is 6.31. The molecular weight excluding hydrogens is 386 g/mol. The molecule has 1 N–H and O–H groups in total. The Labute approximate surface area is 182 Å². The average molecular weight is 414 g/mol. The first-order chi connectivity index (χ1) is 15.2. The maximum atomic E-state index is 4.77. The summed E-state index contributed by atoms with van der Waals surface area (Å²) < 4.78 is 2.09. The molecule has 7 nitrogen and oxygen atoms in total. The molecule has 31 heavy (non-hydrogen) atoms. The molecule has 0 saturated carbocycles. The van der Waals surface area contributed by atoms with Crippen LogP contribution in [0.15, 0.2) is 61.1 Å². The van der Waals surface area contributed by atoms with E-state index in [1.807, 2.05) is 30.7 Å². The maximum Gasteiger partial charge on any atom is 0.229 e. The number of anilines is 3. The van der Waals surface area contributed by atoms with E-state index in [-0.39, 0.29) is 0 Å². The lowest BCUT2D eigenvalue weighted by atomic mass is 10.1. The monoisotopic (exact) mass is 413 g/mol. The van der Waals surface area contributed by atoms with Crippen LogP contribution in [0.5, 0.6) is 0 Å². The molecule has 0 aliphatic carbocycles. The van der Waals surface area contributed by atoms with Gasteiger partial charge in [0.2, 0.25) is 5.95 Å². The molecule has 1 saturated heterocycles. The SMILES string of the molecule is CCc1ccc(-n2ccc3cnc(Nc4ccc(N5CCN(C)CC5)nc4)nc32)cc1. The molecule has 0 spiro atoms. The van der Waals surface area contributed by atoms with Crippen molar-refractivity contribution in [2.24, 2.45) is 0 Å². The fraction of sp³-hybridized carbons (Fsp3) is 0.292. The fourth-order valence-electron chi connectivity index (χ4n) is 3.89. The summed E-state index contributed by atoms with van der Waals surface area (Å²) >= 11 is 0. The lowest BCUT2D eigenvalue weighted by molar-refractivity contribution is 0.312. The van der Waals surface area contributed by atoms with Gasteiger partial charge in [-0.1, -0.05) is 19.1 Å². The van der Waals surface area contributed by atoms with Crippen LogP contribution in [0.4, 0.5) is 17.5 Å². The Kier molecular flexibility index (Phi) is 5.26. The normalized spacial score (nSPS) is 14.8. The molecule has 4 heterocycles. The van der Waals surface area contributed by atoms with Gasteiger partial charge in [0.15, 0.2) is 0 Å². The van der Waals surface area contributed by atoms with Gasteiger partial charge in [0, 0.05) is 49.6 Å². The minimum absolute atomic E-state index is 0.562. The zero-order valence-corrected chi connectivity index (χ0v) is 18.0. The van der Waals surface area contributed by atoms with Crippen LogP contribution in [0.3, 0.4) is 0 Å². The lowest BCUT2D eigenvalue weighted by Gasteiger charge is -2.33. The lowest BCUT2D eigenvalue weighted by Crippen LogP contribution is -2.44. The molecule has 4 aromatic rings. The predicted molar refractivity (Wildman–Crippen MR) is 125 cm³/mol. The fourth-order valence-corrected chi connectivity index (χ4v) is 3.89. The number of piperazine rings is 1. The van der Waals surface area contributed by atoms with Crippen molar-refractivity contribution in [3.05, 3.63) is 66.6 Å². The van der Waals surface area contributed by atoms with Gasteiger partial charge in [0.25, 0.3) is 0 Å². The largest absolute Gasteiger partial charge is 0.354 e. The number of rotatable bonds is 5. The number of aromatic nitrogens is 4. The highest BCUT2D eigenvalue weighted by atomic mass is 15.3. The second-order valence-electron chi connectivity index (χ2n) is 8.00. The number of aryl methyl sites for hydroxylation is 1. The van der Waals surface area contributed by atoms with Gasteiger partial charge in [-0.3, -0.25) is 0 Å². The van der Waals surface area contributed by atoms with Crippen LogP contribution in [0.25, 0.3) is 16.7 Å². The quantitative estimate of drug-likeness (QED) is 0.536. The van der Waals surface area contributed by atoms with Crippen molar-refractivity contribution in [1.29, 1.82) is 0 Å². The number of hydrogen-bond donors (Lipinski definition) is 1. The molecule has 0 amide bonds. The molecule has 3 aromatic heterocycles. The van der Waals surface area contributed by atoms with Crippen molar-refractivity contribution in [3.63, 3.8) is 0 Å². The van der Waals surface area contributed by atoms with Crippen molar-refractivity contribution in [3.8, 4) is 5.69 Å². The Morgan fingerprint density at radius 1 is 0.903 bits per heavy atom. The van der Waals surface area contributed by atoms with Crippen molar-refractivity contribution < 1.29 is 0 Å². The van der Waals surface area contributed by atoms with E-state index in [0.717, 1.165) is 60.8 Å². The Hall–Kier alpha value is -3.45. The number of nitrogens with one attached hydrogen (secondary N) is 1. The third-order valence-electron chi connectivity index (χ3n) is 5.88. The molecule has 1 fully saturated rings. The van der Waals surface area contributed by atoms with E-state index in [0.29, 0.717) is 5.95 Å². The van der Waals surface area contributed by atoms with E-state index in [1.165, 1.54) is 5.56 Å². The summed E-state index contributed by atoms with van der Waals surface area (Å²) in [6.07, 6.45) is 6.78. The molecule has 7 heteroatoms. The standard InChI is InChI=1S/C24H27N7/c1-3-18-4-7-21(8-5-18)31-11-10-19-16-26-24(28-23(19)31)27-20-6-9-22(25-17-20)30-14-12-29(2)13-15-30/h4-11,16-17H,3,12-15H2,1-2H3,(H,26,27,28). The second kappa shape index (κ2) is 8.35. The van der Waals surface area contributed by atoms with E-state index < -0.39 is 0 Å². The first-order valence-electron chi connectivity index (χ1n) is 10.8. The third-order valence-corrected chi connectivity index (χ3v) is 5.88. The number of likely N-dealkylation sites (N-methyl/N-ethyl adjacent to an activating group) is 1. The number of nitrogens with zero attached hydrogens (tertiary/aromatic N) is 6. The molecule has 5 rings (SSSR count). The van der Waals surface area contributed by atoms with Crippen LogP contribution in [-0.4, -0.2) is 57.6 Å². The van der Waals surface area contributed by atoms with Crippen LogP contribution in [0.1, 0.15) is 12.5 Å². The first-order valence-corrected chi connectivity index (χ1v) is 10.8. The molecule has 0 unspecified atom stereocenters. The highest BCUT2D eigenvalue weighted by Crippen LogP contribution is 2.22. The number of benzene rings is 1. The van der Waals surface area contributed by atoms with E-state index in [1.54, 1.807) is 0 Å². The molecule has 158 valence electrons. The topological polar surface area (TPSA) is 62.1 Å². The molecule has 0 atom stereocenters. The van der Waals surface area contributed by atoms with Crippen LogP contribution in [0, 0.1) is 0 Å². The predicted octanol–water partition coefficient (Wildman–Crippen LogP) is 3.87. The Morgan fingerprint density at radius 2 is 1.71 bits per heavy atom. The Bertz CT molecular complexity index is 1160. The van der Waals surface area contributed by atoms with Gasteiger partial charge >= 0.3 is 0 Å². The molecule has 1 aliphatic heterocycles. The van der Waals surface area contributed by atoms with Gasteiger partial charge in [-0.25, -0.2) is 9.97 Å². The van der Waals surface area contributed by atoms with E-state index in [2.05, 4.69) is 74.0 Å². The minimum Gasteiger partial charge on any atom is -0.354 e. The van der Waals surface area contributed by atoms with Gasteiger partial charge in [-0.05, 0) is 49.4 Å². The minimum atomic E-state index is 0.562. The van der Waals surface area contributed by atoms with Crippen LogP contribution in [-0.2, 0) is 6.42 Å². The molecule has 0 bridgehead atoms. The number of hydrogen-bond acceptors (Lipinski definition) is 6. The van der Waals surface area contributed by atoms with E-state index in [4.69, 9.17) is 4.98 Å². The van der Waals surface area contributed by atoms with Gasteiger partial charge in [0.1, 0.15) is 11.5 Å². The molecular formula is C24H27N7. The van der Waals surface area contributed by atoms with Crippen LogP contribution >= 0.6 is 0 Å². The van der Waals surface area contributed by atoms with Crippen LogP contribution < -0.4 is 10.2 Å². The van der Waals surface area contributed by atoms with Gasteiger partial charge < -0.3 is 19.7 Å². The third kappa shape index (κ3) is 4.09. The molecule has 1 aliphatic rings. The van der Waals surface area contributed by atoms with E-state index >= 15 is 0 Å². The average Bonchev–Trinajstić information content (AvgIpc) is 3.23. The van der Waals surface area contributed by atoms with Crippen molar-refractivity contribution in [2.75, 3.05) is 43.4 Å². The van der Waals surface area contributed by atoms with Crippen molar-refractivity contribution in [2.45, 2.75) is 13.3 Å². The zero-order valence-electron chi connectivity index (χ0n) is 18.0. The number of pyridine rings is 1. The smallest absolute Gasteiger partial charge is 0.229 e. The second-order valence-corrected chi connectivity index (χ2v) is 8.00. The van der Waals surface area contributed by atoms with E-state index in [9.17, 15) is 0 Å². The summed E-state index contributed by atoms with van der Waals surface area (Å²) in [5.74, 6) is 1.58. The van der Waals surface area contributed by atoms with Crippen molar-refractivity contribution in [1.82, 2.24) is 24.4 Å². The maximum absolute atomic E-state index is 4.77. The van der Waals surface area contributed by atoms with Gasteiger partial charge in [-0.2, -0.15) is 4.98 Å². The molecule has 0 radical (unpaired) electrons. The zero-order chi connectivity index (χ0) is 21.2. The summed E-state index contributed by atoms with van der Waals surface area (Å²) in [5.41, 5.74) is 4.17. The highest BCUT2D eigenvalue weighted by Gasteiger charge is 2.15. The number of fused-ring (bicyclic) bond motifs is 1. The molecule has 1 aromatic carbocycles. The first kappa shape index (κ1) is 19.5. The van der Waals surface area contributed by atoms with Gasteiger partial charge in [-0.15, -0.1) is 0 Å². The van der Waals surface area contributed by atoms with Crippen molar-refractivity contribution >= 4 is 28.5 Å². The van der Waals surface area contributed by atoms with Crippen LogP contribution in [0.2, 0.25) is 0 Å².